The molecule has 7 nitrogen and oxygen atoms in total. The van der Waals surface area contributed by atoms with Gasteiger partial charge in [0.15, 0.2) is 0 Å². The lowest BCUT2D eigenvalue weighted by Crippen LogP contribution is -2.38. The lowest BCUT2D eigenvalue weighted by atomic mass is 9.92. The first-order chi connectivity index (χ1) is 15.2. The number of alkyl carbamates (subject to hydrolysis) is 1. The SMILES string of the molecule is CCC(=O)O[C@@H](OC(=O)NC[C@H](Cc1ccccc1-c1ccc(F)cc1)C(=O)O)C(C)C. The van der Waals surface area contributed by atoms with Crippen molar-refractivity contribution in [2.45, 2.75) is 39.9 Å². The molecule has 0 aliphatic carbocycles. The third kappa shape index (κ3) is 7.37. The van der Waals surface area contributed by atoms with Crippen LogP contribution >= 0.6 is 0 Å². The van der Waals surface area contributed by atoms with E-state index in [4.69, 9.17) is 9.47 Å². The third-order valence-electron chi connectivity index (χ3n) is 4.78. The van der Waals surface area contributed by atoms with Crippen LogP contribution in [0, 0.1) is 17.7 Å². The average Bonchev–Trinajstić information content (AvgIpc) is 2.76. The van der Waals surface area contributed by atoms with Crippen LogP contribution in [0.5, 0.6) is 0 Å². The summed E-state index contributed by atoms with van der Waals surface area (Å²) in [4.78, 5) is 35.5. The summed E-state index contributed by atoms with van der Waals surface area (Å²) in [7, 11) is 0. The Morgan fingerprint density at radius 2 is 1.69 bits per heavy atom. The molecule has 0 aromatic heterocycles. The highest BCUT2D eigenvalue weighted by atomic mass is 19.1. The van der Waals surface area contributed by atoms with Gasteiger partial charge in [-0.2, -0.15) is 0 Å². The number of rotatable bonds is 10. The number of hydrogen-bond acceptors (Lipinski definition) is 5. The quantitative estimate of drug-likeness (QED) is 0.415. The molecule has 0 aliphatic rings. The molecule has 2 rings (SSSR count). The van der Waals surface area contributed by atoms with Crippen molar-refractivity contribution in [2.75, 3.05) is 6.54 Å². The van der Waals surface area contributed by atoms with E-state index in [9.17, 15) is 23.9 Å². The van der Waals surface area contributed by atoms with Crippen molar-refractivity contribution in [1.29, 1.82) is 0 Å². The number of carbonyl (C=O) groups excluding carboxylic acids is 2. The molecule has 0 radical (unpaired) electrons. The summed E-state index contributed by atoms with van der Waals surface area (Å²) < 4.78 is 23.5. The zero-order valence-electron chi connectivity index (χ0n) is 18.3. The van der Waals surface area contributed by atoms with Gasteiger partial charge in [0.1, 0.15) is 5.82 Å². The molecule has 0 saturated heterocycles. The van der Waals surface area contributed by atoms with Crippen molar-refractivity contribution in [2.24, 2.45) is 11.8 Å². The fraction of sp³-hybridized carbons (Fsp3) is 0.375. The first-order valence-corrected chi connectivity index (χ1v) is 10.4. The number of carboxylic acid groups (broad SMARTS) is 1. The summed E-state index contributed by atoms with van der Waals surface area (Å²) in [5.74, 6) is -3.15. The predicted molar refractivity (Wildman–Crippen MR) is 116 cm³/mol. The van der Waals surface area contributed by atoms with E-state index in [0.29, 0.717) is 0 Å². The molecule has 0 spiro atoms. The van der Waals surface area contributed by atoms with Crippen molar-refractivity contribution in [1.82, 2.24) is 5.32 Å². The molecule has 8 heteroatoms. The van der Waals surface area contributed by atoms with Gasteiger partial charge in [0.05, 0.1) is 5.92 Å². The number of esters is 1. The van der Waals surface area contributed by atoms with E-state index in [1.54, 1.807) is 45.0 Å². The number of aliphatic carboxylic acids is 1. The molecule has 2 atom stereocenters. The molecule has 1 amide bonds. The predicted octanol–water partition coefficient (Wildman–Crippen LogP) is 4.40. The normalized spacial score (nSPS) is 12.7. The molecule has 0 fully saturated rings. The molecule has 32 heavy (non-hydrogen) atoms. The van der Waals surface area contributed by atoms with Gasteiger partial charge in [-0.3, -0.25) is 9.59 Å². The molecule has 2 N–H and O–H groups in total. The van der Waals surface area contributed by atoms with Crippen LogP contribution in [0.2, 0.25) is 0 Å². The summed E-state index contributed by atoms with van der Waals surface area (Å²) in [6.45, 7) is 4.90. The highest BCUT2D eigenvalue weighted by molar-refractivity contribution is 5.74. The highest BCUT2D eigenvalue weighted by Gasteiger charge is 2.25. The second-order valence-electron chi connectivity index (χ2n) is 7.65. The fourth-order valence-corrected chi connectivity index (χ4v) is 2.98. The van der Waals surface area contributed by atoms with Gasteiger partial charge in [0.25, 0.3) is 6.29 Å². The van der Waals surface area contributed by atoms with Crippen molar-refractivity contribution in [3.63, 3.8) is 0 Å². The molecular formula is C24H28FNO6. The maximum absolute atomic E-state index is 13.3. The molecule has 0 unspecified atom stereocenters. The van der Waals surface area contributed by atoms with Gasteiger partial charge in [-0.15, -0.1) is 0 Å². The Hall–Kier alpha value is -3.42. The molecule has 172 valence electrons. The van der Waals surface area contributed by atoms with Gasteiger partial charge in [-0.25, -0.2) is 9.18 Å². The molecule has 0 bridgehead atoms. The molecule has 0 heterocycles. The average molecular weight is 445 g/mol. The van der Waals surface area contributed by atoms with Gasteiger partial charge < -0.3 is 19.9 Å². The van der Waals surface area contributed by atoms with E-state index in [1.165, 1.54) is 12.1 Å². The number of amides is 1. The van der Waals surface area contributed by atoms with E-state index < -0.39 is 30.2 Å². The van der Waals surface area contributed by atoms with Crippen LogP contribution in [0.3, 0.4) is 0 Å². The molecular weight excluding hydrogens is 417 g/mol. The first kappa shape index (κ1) is 24.8. The maximum Gasteiger partial charge on any atom is 0.410 e. The number of hydrogen-bond donors (Lipinski definition) is 2. The first-order valence-electron chi connectivity index (χ1n) is 10.4. The fourth-order valence-electron chi connectivity index (χ4n) is 2.98. The van der Waals surface area contributed by atoms with E-state index in [1.807, 2.05) is 12.1 Å². The Morgan fingerprint density at radius 3 is 2.28 bits per heavy atom. The lowest BCUT2D eigenvalue weighted by molar-refractivity contribution is -0.174. The van der Waals surface area contributed by atoms with Gasteiger partial charge in [-0.1, -0.05) is 57.2 Å². The van der Waals surface area contributed by atoms with Crippen LogP contribution in [0.15, 0.2) is 48.5 Å². The van der Waals surface area contributed by atoms with Crippen LogP contribution in [0.1, 0.15) is 32.8 Å². The van der Waals surface area contributed by atoms with Crippen LogP contribution in [-0.4, -0.2) is 36.0 Å². The monoisotopic (exact) mass is 445 g/mol. The Morgan fingerprint density at radius 1 is 1.03 bits per heavy atom. The second-order valence-corrected chi connectivity index (χ2v) is 7.65. The smallest absolute Gasteiger partial charge is 0.410 e. The number of ether oxygens (including phenoxy) is 2. The zero-order chi connectivity index (χ0) is 23.7. The van der Waals surface area contributed by atoms with Gasteiger partial charge in [0, 0.05) is 18.9 Å². The summed E-state index contributed by atoms with van der Waals surface area (Å²) >= 11 is 0. The van der Waals surface area contributed by atoms with Crippen molar-refractivity contribution in [3.05, 3.63) is 59.9 Å². The zero-order valence-corrected chi connectivity index (χ0v) is 18.3. The summed E-state index contributed by atoms with van der Waals surface area (Å²) in [6, 6.07) is 13.2. The van der Waals surface area contributed by atoms with E-state index >= 15 is 0 Å². The van der Waals surface area contributed by atoms with Crippen LogP contribution in [-0.2, 0) is 25.5 Å². The Kier molecular flexibility index (Phi) is 9.19. The Bertz CT molecular complexity index is 928. The minimum absolute atomic E-state index is 0.140. The second kappa shape index (κ2) is 11.8. The third-order valence-corrected chi connectivity index (χ3v) is 4.78. The van der Waals surface area contributed by atoms with E-state index in [-0.39, 0.29) is 31.1 Å². The van der Waals surface area contributed by atoms with Gasteiger partial charge in [-0.05, 0) is 35.2 Å². The van der Waals surface area contributed by atoms with Crippen molar-refractivity contribution in [3.8, 4) is 11.1 Å². The highest BCUT2D eigenvalue weighted by Crippen LogP contribution is 2.26. The summed E-state index contributed by atoms with van der Waals surface area (Å²) in [5, 5.41) is 12.1. The molecule has 2 aromatic carbocycles. The minimum atomic E-state index is -1.09. The number of carboxylic acids is 1. The van der Waals surface area contributed by atoms with Crippen molar-refractivity contribution >= 4 is 18.0 Å². The van der Waals surface area contributed by atoms with Crippen molar-refractivity contribution < 1.29 is 33.4 Å². The number of halogens is 1. The maximum atomic E-state index is 13.3. The van der Waals surface area contributed by atoms with Crippen LogP contribution in [0.25, 0.3) is 11.1 Å². The Balaban J connectivity index is 2.06. The molecule has 0 aliphatic heterocycles. The topological polar surface area (TPSA) is 102 Å². The molecule has 0 saturated carbocycles. The minimum Gasteiger partial charge on any atom is -0.481 e. The van der Waals surface area contributed by atoms with Crippen LogP contribution in [0.4, 0.5) is 9.18 Å². The van der Waals surface area contributed by atoms with E-state index in [0.717, 1.165) is 16.7 Å². The Labute approximate surface area is 186 Å². The standard InChI is InChI=1S/C24H28FNO6/c1-4-21(27)31-23(15(2)3)32-24(30)26-14-18(22(28)29)13-17-7-5-6-8-20(17)16-9-11-19(25)12-10-16/h5-12,15,18,23H,4,13-14H2,1-3H3,(H,26,30)(H,28,29)/t18-,23-/m0/s1. The van der Waals surface area contributed by atoms with Gasteiger partial charge in [0.2, 0.25) is 0 Å². The largest absolute Gasteiger partial charge is 0.481 e. The molecule has 2 aromatic rings. The summed E-state index contributed by atoms with van der Waals surface area (Å²) in [6.07, 6.45) is -1.65. The summed E-state index contributed by atoms with van der Waals surface area (Å²) in [5.41, 5.74) is 2.29. The number of nitrogens with one attached hydrogen (secondary N) is 1. The van der Waals surface area contributed by atoms with Crippen LogP contribution < -0.4 is 5.32 Å². The number of benzene rings is 2. The van der Waals surface area contributed by atoms with E-state index in [2.05, 4.69) is 5.32 Å². The number of carbonyl (C=O) groups is 3. The van der Waals surface area contributed by atoms with Gasteiger partial charge >= 0.3 is 18.0 Å². The lowest BCUT2D eigenvalue weighted by Gasteiger charge is -2.22.